The lowest BCUT2D eigenvalue weighted by Gasteiger charge is -2.33. The molecular formula is C18H16N4O2. The van der Waals surface area contributed by atoms with Crippen LogP contribution in [0.1, 0.15) is 36.4 Å². The Hall–Kier alpha value is -3.07. The molecule has 120 valence electrons. The molecule has 0 saturated carbocycles. The topological polar surface area (TPSA) is 79.9 Å². The Labute approximate surface area is 139 Å². The molecule has 1 aliphatic carbocycles. The van der Waals surface area contributed by atoms with Crippen LogP contribution in [0, 0.1) is 11.3 Å². The minimum Gasteiger partial charge on any atom is -0.496 e. The first-order valence-corrected chi connectivity index (χ1v) is 7.88. The molecule has 0 spiro atoms. The normalized spacial score (nSPS) is 19.2. The lowest BCUT2D eigenvalue weighted by atomic mass is 9.85. The zero-order valence-electron chi connectivity index (χ0n) is 13.2. The first kappa shape index (κ1) is 14.5. The highest BCUT2D eigenvalue weighted by atomic mass is 16.5. The Morgan fingerprint density at radius 2 is 2.21 bits per heavy atom. The number of ether oxygens (including phenoxy) is 1. The van der Waals surface area contributed by atoms with Gasteiger partial charge in [-0.25, -0.2) is 4.68 Å². The summed E-state index contributed by atoms with van der Waals surface area (Å²) in [5, 5.41) is 17.0. The number of nitrogens with zero attached hydrogens (tertiary/aromatic N) is 3. The van der Waals surface area contributed by atoms with E-state index in [4.69, 9.17) is 4.74 Å². The highest BCUT2D eigenvalue weighted by Gasteiger charge is 2.37. The van der Waals surface area contributed by atoms with Crippen molar-refractivity contribution < 1.29 is 9.53 Å². The first-order chi connectivity index (χ1) is 11.7. The van der Waals surface area contributed by atoms with E-state index in [0.29, 0.717) is 23.6 Å². The number of hydrogen-bond acceptors (Lipinski definition) is 5. The van der Waals surface area contributed by atoms with E-state index in [9.17, 15) is 10.1 Å². The van der Waals surface area contributed by atoms with Gasteiger partial charge < -0.3 is 10.1 Å². The van der Waals surface area contributed by atoms with Crippen LogP contribution in [-0.4, -0.2) is 22.7 Å². The van der Waals surface area contributed by atoms with Gasteiger partial charge in [0, 0.05) is 23.3 Å². The standard InChI is InChI=1S/C18H16N4O2/c1-24-15-8-3-2-5-12(15)17-16-13(6-4-7-14(16)23)21-18-11(9-19)10-20-22(17)18/h2-3,5,8,10,17,21H,4,6-7H2,1H3. The molecule has 1 aliphatic heterocycles. The van der Waals surface area contributed by atoms with Crippen LogP contribution in [0.2, 0.25) is 0 Å². The molecule has 1 aromatic carbocycles. The smallest absolute Gasteiger partial charge is 0.163 e. The summed E-state index contributed by atoms with van der Waals surface area (Å²) in [5.74, 6) is 1.47. The molecule has 2 heterocycles. The maximum atomic E-state index is 12.7. The summed E-state index contributed by atoms with van der Waals surface area (Å²) in [5.41, 5.74) is 2.97. The minimum atomic E-state index is -0.373. The number of benzene rings is 1. The van der Waals surface area contributed by atoms with Crippen molar-refractivity contribution in [3.63, 3.8) is 0 Å². The molecule has 0 amide bonds. The van der Waals surface area contributed by atoms with Crippen LogP contribution < -0.4 is 10.1 Å². The second kappa shape index (κ2) is 5.53. The minimum absolute atomic E-state index is 0.124. The second-order valence-electron chi connectivity index (χ2n) is 5.90. The maximum absolute atomic E-state index is 12.7. The Kier molecular flexibility index (Phi) is 3.35. The van der Waals surface area contributed by atoms with E-state index in [-0.39, 0.29) is 11.8 Å². The Bertz CT molecular complexity index is 904. The number of carbonyl (C=O) groups is 1. The van der Waals surface area contributed by atoms with E-state index in [1.54, 1.807) is 11.8 Å². The quantitative estimate of drug-likeness (QED) is 0.920. The van der Waals surface area contributed by atoms with Crippen LogP contribution in [0.4, 0.5) is 5.82 Å². The van der Waals surface area contributed by atoms with Gasteiger partial charge in [0.1, 0.15) is 29.2 Å². The zero-order valence-corrected chi connectivity index (χ0v) is 13.2. The number of methoxy groups -OCH3 is 1. The summed E-state index contributed by atoms with van der Waals surface area (Å²) in [7, 11) is 1.61. The van der Waals surface area contributed by atoms with Crippen LogP contribution in [0.15, 0.2) is 41.7 Å². The van der Waals surface area contributed by atoms with Crippen molar-refractivity contribution in [3.8, 4) is 11.8 Å². The first-order valence-electron chi connectivity index (χ1n) is 7.88. The number of nitriles is 1. The average molecular weight is 320 g/mol. The molecule has 6 nitrogen and oxygen atoms in total. The molecule has 1 aromatic heterocycles. The highest BCUT2D eigenvalue weighted by Crippen LogP contribution is 2.43. The van der Waals surface area contributed by atoms with E-state index in [1.165, 1.54) is 6.20 Å². The van der Waals surface area contributed by atoms with Gasteiger partial charge in [0.15, 0.2) is 5.78 Å². The molecule has 4 rings (SSSR count). The third-order valence-corrected chi connectivity index (χ3v) is 4.59. The fraction of sp³-hybridized carbons (Fsp3) is 0.278. The van der Waals surface area contributed by atoms with Crippen LogP contribution in [-0.2, 0) is 4.79 Å². The third-order valence-electron chi connectivity index (χ3n) is 4.59. The molecular weight excluding hydrogens is 304 g/mol. The van der Waals surface area contributed by atoms with Crippen LogP contribution in [0.25, 0.3) is 0 Å². The zero-order chi connectivity index (χ0) is 16.7. The van der Waals surface area contributed by atoms with E-state index in [1.807, 2.05) is 24.3 Å². The lowest BCUT2D eigenvalue weighted by Crippen LogP contribution is -2.31. The van der Waals surface area contributed by atoms with E-state index in [2.05, 4.69) is 16.5 Å². The van der Waals surface area contributed by atoms with Gasteiger partial charge in [-0.3, -0.25) is 4.79 Å². The van der Waals surface area contributed by atoms with Crippen molar-refractivity contribution in [2.45, 2.75) is 25.3 Å². The van der Waals surface area contributed by atoms with Crippen molar-refractivity contribution in [2.75, 3.05) is 12.4 Å². The molecule has 0 radical (unpaired) electrons. The molecule has 2 aliphatic rings. The van der Waals surface area contributed by atoms with Crippen LogP contribution >= 0.6 is 0 Å². The number of carbonyl (C=O) groups excluding carboxylic acids is 1. The Morgan fingerprint density at radius 3 is 3.00 bits per heavy atom. The largest absolute Gasteiger partial charge is 0.496 e. The van der Waals surface area contributed by atoms with E-state index in [0.717, 1.165) is 29.7 Å². The number of ketones is 1. The van der Waals surface area contributed by atoms with Gasteiger partial charge in [-0.1, -0.05) is 18.2 Å². The Balaban J connectivity index is 1.98. The lowest BCUT2D eigenvalue weighted by molar-refractivity contribution is -0.116. The van der Waals surface area contributed by atoms with Gasteiger partial charge in [-0.2, -0.15) is 10.4 Å². The number of nitrogens with one attached hydrogen (secondary N) is 1. The average Bonchev–Trinajstić information content (AvgIpc) is 3.03. The van der Waals surface area contributed by atoms with Crippen LogP contribution in [0.3, 0.4) is 0 Å². The fourth-order valence-corrected chi connectivity index (χ4v) is 3.52. The predicted octanol–water partition coefficient (Wildman–Crippen LogP) is 2.79. The van der Waals surface area contributed by atoms with Crippen LogP contribution in [0.5, 0.6) is 5.75 Å². The number of para-hydroxylation sites is 1. The van der Waals surface area contributed by atoms with Crippen molar-refractivity contribution in [1.82, 2.24) is 9.78 Å². The molecule has 2 aromatic rings. The van der Waals surface area contributed by atoms with Gasteiger partial charge >= 0.3 is 0 Å². The summed E-state index contributed by atoms with van der Waals surface area (Å²) >= 11 is 0. The van der Waals surface area contributed by atoms with Crippen molar-refractivity contribution >= 4 is 11.6 Å². The number of Topliss-reactive ketones (excluding diaryl/α,β-unsaturated/α-hetero) is 1. The van der Waals surface area contributed by atoms with Crippen molar-refractivity contribution in [3.05, 3.63) is 52.9 Å². The molecule has 0 fully saturated rings. The number of allylic oxidation sites excluding steroid dienone is 2. The van der Waals surface area contributed by atoms with Gasteiger partial charge in [0.05, 0.1) is 13.3 Å². The predicted molar refractivity (Wildman–Crippen MR) is 87.6 cm³/mol. The molecule has 1 unspecified atom stereocenters. The Morgan fingerprint density at radius 1 is 1.38 bits per heavy atom. The van der Waals surface area contributed by atoms with Gasteiger partial charge in [0.2, 0.25) is 0 Å². The molecule has 1 atom stereocenters. The van der Waals surface area contributed by atoms with Gasteiger partial charge in [0.25, 0.3) is 0 Å². The van der Waals surface area contributed by atoms with E-state index >= 15 is 0 Å². The second-order valence-corrected chi connectivity index (χ2v) is 5.90. The summed E-state index contributed by atoms with van der Waals surface area (Å²) in [6.07, 6.45) is 3.68. The number of rotatable bonds is 2. The number of hydrogen-bond donors (Lipinski definition) is 1. The number of fused-ring (bicyclic) bond motifs is 1. The SMILES string of the molecule is COc1ccccc1C1C2=C(CCCC2=O)Nc2c(C#N)cnn21. The molecule has 24 heavy (non-hydrogen) atoms. The summed E-state index contributed by atoms with van der Waals surface area (Å²) in [4.78, 5) is 12.7. The van der Waals surface area contributed by atoms with Crippen molar-refractivity contribution in [1.29, 1.82) is 5.26 Å². The van der Waals surface area contributed by atoms with Gasteiger partial charge in [-0.05, 0) is 18.9 Å². The molecule has 6 heteroatoms. The molecule has 1 N–H and O–H groups in total. The molecule has 0 bridgehead atoms. The van der Waals surface area contributed by atoms with Gasteiger partial charge in [-0.15, -0.1) is 0 Å². The summed E-state index contributed by atoms with van der Waals surface area (Å²) in [6, 6.07) is 9.42. The third kappa shape index (κ3) is 2.02. The van der Waals surface area contributed by atoms with E-state index < -0.39 is 0 Å². The monoisotopic (exact) mass is 320 g/mol. The summed E-state index contributed by atoms with van der Waals surface area (Å²) in [6.45, 7) is 0. The number of aromatic nitrogens is 2. The fourth-order valence-electron chi connectivity index (χ4n) is 3.52. The maximum Gasteiger partial charge on any atom is 0.163 e. The number of anilines is 1. The molecule has 0 saturated heterocycles. The van der Waals surface area contributed by atoms with Crippen molar-refractivity contribution in [2.24, 2.45) is 0 Å². The summed E-state index contributed by atoms with van der Waals surface area (Å²) < 4.78 is 7.22. The highest BCUT2D eigenvalue weighted by molar-refractivity contribution is 5.99.